The summed E-state index contributed by atoms with van der Waals surface area (Å²) < 4.78 is 29.8. The molecule has 2 atom stereocenters. The van der Waals surface area contributed by atoms with Crippen molar-refractivity contribution in [2.75, 3.05) is 10.8 Å². The number of hydrogen-bond acceptors (Lipinski definition) is 4. The molecule has 46 heavy (non-hydrogen) atoms. The first-order chi connectivity index (χ1) is 21.9. The van der Waals surface area contributed by atoms with Gasteiger partial charge in [0.25, 0.3) is 10.0 Å². The molecule has 0 heterocycles. The Morgan fingerprint density at radius 3 is 2.00 bits per heavy atom. The Balaban J connectivity index is 1.84. The number of nitrogens with zero attached hydrogens (tertiary/aromatic N) is 2. The SMILES string of the molecule is CC[C@@H](C)NC(=O)[C@@H](Cc1ccccc1)N(Cc1ccccc1C)C(=O)CN(c1cc(C)cc(C)c1)S(=O)(=O)c1ccc(C)cc1. The normalized spacial score (nSPS) is 12.7. The number of carbonyl (C=O) groups is 2. The summed E-state index contributed by atoms with van der Waals surface area (Å²) in [6.45, 7) is 11.2. The van der Waals surface area contributed by atoms with Crippen LogP contribution in [0.1, 0.15) is 53.6 Å². The van der Waals surface area contributed by atoms with Gasteiger partial charge in [0.2, 0.25) is 11.8 Å². The van der Waals surface area contributed by atoms with Gasteiger partial charge in [0.05, 0.1) is 10.6 Å². The van der Waals surface area contributed by atoms with Crippen molar-refractivity contribution in [3.63, 3.8) is 0 Å². The van der Waals surface area contributed by atoms with Crippen molar-refractivity contribution in [1.82, 2.24) is 10.2 Å². The molecule has 0 spiro atoms. The molecule has 0 fully saturated rings. The summed E-state index contributed by atoms with van der Waals surface area (Å²) in [5.41, 5.74) is 5.81. The number of nitrogens with one attached hydrogen (secondary N) is 1. The summed E-state index contributed by atoms with van der Waals surface area (Å²) in [6.07, 6.45) is 1.000. The predicted octanol–water partition coefficient (Wildman–Crippen LogP) is 6.67. The van der Waals surface area contributed by atoms with Gasteiger partial charge < -0.3 is 10.2 Å². The second-order valence-corrected chi connectivity index (χ2v) is 14.0. The Labute approximate surface area is 274 Å². The number of sulfonamides is 1. The van der Waals surface area contributed by atoms with E-state index in [4.69, 9.17) is 0 Å². The average Bonchev–Trinajstić information content (AvgIpc) is 3.02. The molecule has 0 saturated heterocycles. The fourth-order valence-electron chi connectivity index (χ4n) is 5.43. The van der Waals surface area contributed by atoms with Gasteiger partial charge in [0.15, 0.2) is 0 Å². The first kappa shape index (κ1) is 34.4. The fourth-order valence-corrected chi connectivity index (χ4v) is 6.82. The van der Waals surface area contributed by atoms with Crippen molar-refractivity contribution in [2.45, 2.75) is 77.9 Å². The van der Waals surface area contributed by atoms with E-state index in [1.807, 2.05) is 102 Å². The topological polar surface area (TPSA) is 86.8 Å². The summed E-state index contributed by atoms with van der Waals surface area (Å²) in [7, 11) is -4.16. The van der Waals surface area contributed by atoms with E-state index in [0.717, 1.165) is 39.8 Å². The van der Waals surface area contributed by atoms with Crippen LogP contribution in [0.25, 0.3) is 0 Å². The zero-order chi connectivity index (χ0) is 33.4. The minimum absolute atomic E-state index is 0.0888. The number of anilines is 1. The number of carbonyl (C=O) groups excluding carboxylic acids is 2. The highest BCUT2D eigenvalue weighted by Gasteiger charge is 2.35. The highest BCUT2D eigenvalue weighted by molar-refractivity contribution is 7.92. The second kappa shape index (κ2) is 15.2. The first-order valence-electron chi connectivity index (χ1n) is 15.7. The summed E-state index contributed by atoms with van der Waals surface area (Å²) in [5.74, 6) is -0.752. The minimum Gasteiger partial charge on any atom is -0.352 e. The summed E-state index contributed by atoms with van der Waals surface area (Å²) in [6, 6.07) is 28.5. The molecule has 0 aliphatic carbocycles. The van der Waals surface area contributed by atoms with Crippen LogP contribution in [0.3, 0.4) is 0 Å². The first-order valence-corrected chi connectivity index (χ1v) is 17.2. The second-order valence-electron chi connectivity index (χ2n) is 12.1. The van der Waals surface area contributed by atoms with E-state index in [0.29, 0.717) is 5.69 Å². The molecule has 0 radical (unpaired) electrons. The molecule has 0 saturated carbocycles. The van der Waals surface area contributed by atoms with E-state index >= 15 is 0 Å². The Bertz CT molecular complexity index is 1730. The number of hydrogen-bond donors (Lipinski definition) is 1. The van der Waals surface area contributed by atoms with Crippen LogP contribution in [-0.4, -0.2) is 43.8 Å². The van der Waals surface area contributed by atoms with Gasteiger partial charge in [-0.05, 0) is 93.1 Å². The molecular weight excluding hydrogens is 595 g/mol. The highest BCUT2D eigenvalue weighted by Crippen LogP contribution is 2.27. The van der Waals surface area contributed by atoms with Crippen LogP contribution in [0.4, 0.5) is 5.69 Å². The molecule has 0 unspecified atom stereocenters. The van der Waals surface area contributed by atoms with Crippen LogP contribution in [0.2, 0.25) is 0 Å². The summed E-state index contributed by atoms with van der Waals surface area (Å²) in [4.78, 5) is 30.3. The fraction of sp³-hybridized carbons (Fsp3) is 0.316. The van der Waals surface area contributed by atoms with Gasteiger partial charge in [-0.2, -0.15) is 0 Å². The van der Waals surface area contributed by atoms with Crippen molar-refractivity contribution in [3.05, 3.63) is 130 Å². The molecule has 2 amide bonds. The van der Waals surface area contributed by atoms with Crippen molar-refractivity contribution in [1.29, 1.82) is 0 Å². The molecule has 242 valence electrons. The average molecular weight is 640 g/mol. The molecule has 4 aromatic carbocycles. The van der Waals surface area contributed by atoms with Gasteiger partial charge in [0.1, 0.15) is 12.6 Å². The van der Waals surface area contributed by atoms with Gasteiger partial charge in [-0.15, -0.1) is 0 Å². The van der Waals surface area contributed by atoms with E-state index in [2.05, 4.69) is 5.32 Å². The quantitative estimate of drug-likeness (QED) is 0.177. The smallest absolute Gasteiger partial charge is 0.264 e. The maximum atomic E-state index is 14.7. The minimum atomic E-state index is -4.16. The summed E-state index contributed by atoms with van der Waals surface area (Å²) >= 11 is 0. The van der Waals surface area contributed by atoms with Crippen LogP contribution >= 0.6 is 0 Å². The van der Waals surface area contributed by atoms with E-state index in [1.165, 1.54) is 4.31 Å². The zero-order valence-corrected chi connectivity index (χ0v) is 28.5. The molecular formula is C38H45N3O4S. The van der Waals surface area contributed by atoms with E-state index in [-0.39, 0.29) is 29.8 Å². The molecule has 4 aromatic rings. The van der Waals surface area contributed by atoms with Crippen LogP contribution in [0.15, 0.2) is 102 Å². The molecule has 1 N–H and O–H groups in total. The Hall–Kier alpha value is -4.43. The molecule has 7 nitrogen and oxygen atoms in total. The van der Waals surface area contributed by atoms with Gasteiger partial charge in [-0.1, -0.05) is 85.3 Å². The number of amides is 2. The van der Waals surface area contributed by atoms with Gasteiger partial charge in [0, 0.05) is 19.0 Å². The van der Waals surface area contributed by atoms with Crippen molar-refractivity contribution < 1.29 is 18.0 Å². The largest absolute Gasteiger partial charge is 0.352 e. The van der Waals surface area contributed by atoms with Crippen LogP contribution in [-0.2, 0) is 32.6 Å². The van der Waals surface area contributed by atoms with Crippen molar-refractivity contribution in [3.8, 4) is 0 Å². The Morgan fingerprint density at radius 1 is 0.783 bits per heavy atom. The number of rotatable bonds is 13. The molecule has 4 rings (SSSR count). The van der Waals surface area contributed by atoms with Crippen LogP contribution in [0, 0.1) is 27.7 Å². The van der Waals surface area contributed by atoms with E-state index in [1.54, 1.807) is 41.3 Å². The number of aryl methyl sites for hydroxylation is 4. The van der Waals surface area contributed by atoms with Crippen LogP contribution in [0.5, 0.6) is 0 Å². The lowest BCUT2D eigenvalue weighted by Crippen LogP contribution is -2.54. The van der Waals surface area contributed by atoms with E-state index in [9.17, 15) is 18.0 Å². The third kappa shape index (κ3) is 8.63. The molecule has 0 aliphatic heterocycles. The van der Waals surface area contributed by atoms with Gasteiger partial charge >= 0.3 is 0 Å². The van der Waals surface area contributed by atoms with Crippen molar-refractivity contribution >= 4 is 27.5 Å². The Morgan fingerprint density at radius 2 is 1.39 bits per heavy atom. The molecule has 0 aromatic heterocycles. The third-order valence-corrected chi connectivity index (χ3v) is 10.0. The monoisotopic (exact) mass is 639 g/mol. The lowest BCUT2D eigenvalue weighted by atomic mass is 10.0. The standard InChI is InChI=1S/C38H45N3O4S/c1-7-31(6)39-38(43)36(24-32-14-9-8-10-15-32)40(25-33-16-12-11-13-30(33)5)37(42)26-41(34-22-28(3)21-29(4)23-34)46(44,45)35-19-17-27(2)18-20-35/h8-23,31,36H,7,24-26H2,1-6H3,(H,39,43)/t31-,36-/m1/s1. The third-order valence-electron chi connectivity index (χ3n) is 8.26. The van der Waals surface area contributed by atoms with Gasteiger partial charge in [-0.3, -0.25) is 13.9 Å². The maximum Gasteiger partial charge on any atom is 0.264 e. The van der Waals surface area contributed by atoms with Crippen LogP contribution < -0.4 is 9.62 Å². The zero-order valence-electron chi connectivity index (χ0n) is 27.7. The molecule has 0 bridgehead atoms. The lowest BCUT2D eigenvalue weighted by molar-refractivity contribution is -0.140. The molecule has 8 heteroatoms. The Kier molecular flexibility index (Phi) is 11.4. The summed E-state index contributed by atoms with van der Waals surface area (Å²) in [5, 5.41) is 3.08. The number of benzene rings is 4. The lowest BCUT2D eigenvalue weighted by Gasteiger charge is -2.34. The highest BCUT2D eigenvalue weighted by atomic mass is 32.2. The maximum absolute atomic E-state index is 14.7. The van der Waals surface area contributed by atoms with Gasteiger partial charge in [-0.25, -0.2) is 8.42 Å². The van der Waals surface area contributed by atoms with Crippen molar-refractivity contribution in [2.24, 2.45) is 0 Å². The predicted molar refractivity (Wildman–Crippen MR) is 185 cm³/mol. The molecule has 0 aliphatic rings. The van der Waals surface area contributed by atoms with E-state index < -0.39 is 28.5 Å².